The Labute approximate surface area is 222 Å². The summed E-state index contributed by atoms with van der Waals surface area (Å²) in [5.41, 5.74) is 5.79. The van der Waals surface area contributed by atoms with E-state index in [1.807, 2.05) is 4.72 Å². The Morgan fingerprint density at radius 3 is 2.59 bits per heavy atom. The molecular formula is C25H30F4N6O3S. The van der Waals surface area contributed by atoms with Gasteiger partial charge < -0.3 is 11.1 Å². The number of benzene rings is 1. The lowest BCUT2D eigenvalue weighted by Crippen LogP contribution is -2.35. The minimum atomic E-state index is -4.67. The van der Waals surface area contributed by atoms with Gasteiger partial charge in [0, 0.05) is 35.3 Å². The summed E-state index contributed by atoms with van der Waals surface area (Å²) in [7, 11) is -4.45. The highest BCUT2D eigenvalue weighted by Crippen LogP contribution is 2.28. The Bertz CT molecular complexity index is 1520. The van der Waals surface area contributed by atoms with Crippen LogP contribution in [0.1, 0.15) is 52.0 Å². The Hall–Kier alpha value is -3.26. The smallest absolute Gasteiger partial charge is 0.351 e. The number of hydrogen-bond acceptors (Lipinski definition) is 7. The van der Waals surface area contributed by atoms with Gasteiger partial charge >= 0.3 is 6.18 Å². The molecular weight excluding hydrogens is 540 g/mol. The van der Waals surface area contributed by atoms with Crippen LogP contribution in [0, 0.1) is 5.82 Å². The first-order chi connectivity index (χ1) is 18.2. The van der Waals surface area contributed by atoms with E-state index in [4.69, 9.17) is 5.73 Å². The molecule has 0 amide bonds. The number of hydrogen-bond donors (Lipinski definition) is 3. The molecule has 0 unspecified atom stereocenters. The van der Waals surface area contributed by atoms with Gasteiger partial charge in [-0.25, -0.2) is 17.8 Å². The van der Waals surface area contributed by atoms with Gasteiger partial charge in [-0.2, -0.15) is 18.2 Å². The van der Waals surface area contributed by atoms with Crippen LogP contribution in [0.15, 0.2) is 35.3 Å². The predicted octanol–water partition coefficient (Wildman–Crippen LogP) is 4.55. The first-order valence-corrected chi connectivity index (χ1v) is 14.2. The molecule has 3 aromatic rings. The lowest BCUT2D eigenvalue weighted by molar-refractivity contribution is -0.129. The molecule has 1 saturated carbocycles. The Morgan fingerprint density at radius 2 is 1.95 bits per heavy atom. The molecule has 1 aliphatic rings. The first kappa shape index (κ1) is 28.7. The van der Waals surface area contributed by atoms with Crippen molar-refractivity contribution in [2.45, 2.75) is 70.3 Å². The van der Waals surface area contributed by atoms with Crippen molar-refractivity contribution < 1.29 is 26.0 Å². The molecule has 2 atom stereocenters. The molecule has 0 radical (unpaired) electrons. The zero-order valence-corrected chi connectivity index (χ0v) is 22.2. The van der Waals surface area contributed by atoms with Crippen LogP contribution in [-0.4, -0.2) is 47.0 Å². The van der Waals surface area contributed by atoms with Crippen LogP contribution in [-0.2, 0) is 10.0 Å². The topological polar surface area (TPSA) is 132 Å². The molecule has 2 heterocycles. The largest absolute Gasteiger partial charge is 0.390 e. The van der Waals surface area contributed by atoms with E-state index in [1.165, 1.54) is 16.7 Å². The van der Waals surface area contributed by atoms with Crippen molar-refractivity contribution in [3.8, 4) is 11.1 Å². The van der Waals surface area contributed by atoms with Crippen LogP contribution >= 0.6 is 0 Å². The summed E-state index contributed by atoms with van der Waals surface area (Å²) in [6, 6.07) is 4.79. The van der Waals surface area contributed by atoms with Gasteiger partial charge in [0.1, 0.15) is 11.5 Å². The van der Waals surface area contributed by atoms with Crippen LogP contribution in [0.25, 0.3) is 22.2 Å². The molecule has 0 saturated heterocycles. The van der Waals surface area contributed by atoms with Gasteiger partial charge in [-0.15, -0.1) is 0 Å². The molecule has 9 nitrogen and oxygen atoms in total. The number of sulfonamides is 1. The monoisotopic (exact) mass is 570 g/mol. The Kier molecular flexibility index (Phi) is 8.17. The standard InChI is InChI=1S/C25H30F4N6O3S/c1-14(2)35-22-16(13-31-24(33-22)32-18-5-3-4-17(30)12-18)10-19(23(35)36)15-6-7-21(20(26)11-15)34-39(37,38)9-8-25(27,28)29/h6-7,10-11,13-14,17-18,34H,3-5,8-9,12,30H2,1-2H3,(H,31,32,33)/t17-,18+/m1/s1. The van der Waals surface area contributed by atoms with Crippen LogP contribution < -0.4 is 21.3 Å². The van der Waals surface area contributed by atoms with Gasteiger partial charge in [0.2, 0.25) is 16.0 Å². The number of aromatic nitrogens is 3. The summed E-state index contributed by atoms with van der Waals surface area (Å²) >= 11 is 0. The molecule has 4 N–H and O–H groups in total. The summed E-state index contributed by atoms with van der Waals surface area (Å²) in [4.78, 5) is 22.5. The zero-order valence-electron chi connectivity index (χ0n) is 21.4. The van der Waals surface area contributed by atoms with E-state index in [-0.39, 0.29) is 29.3 Å². The SMILES string of the molecule is CC(C)n1c(=O)c(-c2ccc(NS(=O)(=O)CCC(F)(F)F)c(F)c2)cc2cnc(N[C@H]3CCC[C@@H](N)C3)nc21. The number of nitrogens with one attached hydrogen (secondary N) is 2. The fraction of sp³-hybridized carbons (Fsp3) is 0.480. The van der Waals surface area contributed by atoms with Gasteiger partial charge in [-0.3, -0.25) is 14.1 Å². The third kappa shape index (κ3) is 7.04. The molecule has 212 valence electrons. The number of fused-ring (bicyclic) bond motifs is 1. The molecule has 0 spiro atoms. The minimum Gasteiger partial charge on any atom is -0.351 e. The molecule has 39 heavy (non-hydrogen) atoms. The fourth-order valence-electron chi connectivity index (χ4n) is 4.65. The lowest BCUT2D eigenvalue weighted by Gasteiger charge is -2.27. The van der Waals surface area contributed by atoms with Gasteiger partial charge in [0.25, 0.3) is 5.56 Å². The highest BCUT2D eigenvalue weighted by atomic mass is 32.2. The maximum absolute atomic E-state index is 14.8. The molecule has 1 fully saturated rings. The highest BCUT2D eigenvalue weighted by molar-refractivity contribution is 7.92. The normalized spacial score (nSPS) is 18.5. The van der Waals surface area contributed by atoms with Crippen molar-refractivity contribution in [1.29, 1.82) is 0 Å². The molecule has 4 rings (SSSR count). The van der Waals surface area contributed by atoms with E-state index in [1.54, 1.807) is 20.0 Å². The average molecular weight is 571 g/mol. The second-order valence-electron chi connectivity index (χ2n) is 10.0. The number of halogens is 4. The predicted molar refractivity (Wildman–Crippen MR) is 142 cm³/mol. The summed E-state index contributed by atoms with van der Waals surface area (Å²) in [6.07, 6.45) is -0.985. The van der Waals surface area contributed by atoms with Crippen molar-refractivity contribution in [3.63, 3.8) is 0 Å². The van der Waals surface area contributed by atoms with Gasteiger partial charge in [-0.1, -0.05) is 6.07 Å². The van der Waals surface area contributed by atoms with E-state index in [9.17, 15) is 30.8 Å². The molecule has 14 heteroatoms. The first-order valence-electron chi connectivity index (χ1n) is 12.5. The van der Waals surface area contributed by atoms with Crippen molar-refractivity contribution >= 4 is 32.7 Å². The maximum atomic E-state index is 14.8. The van der Waals surface area contributed by atoms with Crippen LogP contribution in [0.5, 0.6) is 0 Å². The van der Waals surface area contributed by atoms with Crippen molar-refractivity contribution in [3.05, 3.63) is 46.6 Å². The number of alkyl halides is 3. The summed E-state index contributed by atoms with van der Waals surface area (Å²) in [5.74, 6) is -1.91. The third-order valence-corrected chi connectivity index (χ3v) is 7.81. The number of rotatable bonds is 8. The molecule has 1 aromatic carbocycles. The fourth-order valence-corrected chi connectivity index (χ4v) is 5.75. The molecule has 2 aromatic heterocycles. The van der Waals surface area contributed by atoms with E-state index in [2.05, 4.69) is 15.3 Å². The summed E-state index contributed by atoms with van der Waals surface area (Å²) in [5, 5.41) is 3.83. The van der Waals surface area contributed by atoms with Crippen LogP contribution in [0.2, 0.25) is 0 Å². The molecule has 0 aliphatic heterocycles. The molecule has 1 aliphatic carbocycles. The van der Waals surface area contributed by atoms with Gasteiger partial charge in [0.05, 0.1) is 17.9 Å². The second-order valence-corrected chi connectivity index (χ2v) is 11.9. The van der Waals surface area contributed by atoms with Crippen molar-refractivity contribution in [1.82, 2.24) is 14.5 Å². The maximum Gasteiger partial charge on any atom is 0.390 e. The highest BCUT2D eigenvalue weighted by Gasteiger charge is 2.30. The summed E-state index contributed by atoms with van der Waals surface area (Å²) in [6.45, 7) is 3.61. The number of nitrogens with zero attached hydrogens (tertiary/aromatic N) is 3. The number of anilines is 2. The van der Waals surface area contributed by atoms with E-state index < -0.39 is 45.4 Å². The Morgan fingerprint density at radius 1 is 1.21 bits per heavy atom. The summed E-state index contributed by atoms with van der Waals surface area (Å²) < 4.78 is 79.4. The third-order valence-electron chi connectivity index (χ3n) is 6.54. The van der Waals surface area contributed by atoms with Crippen molar-refractivity contribution in [2.24, 2.45) is 5.73 Å². The zero-order chi connectivity index (χ0) is 28.5. The van der Waals surface area contributed by atoms with E-state index in [0.717, 1.165) is 37.8 Å². The van der Waals surface area contributed by atoms with Gasteiger partial charge in [0.15, 0.2) is 0 Å². The van der Waals surface area contributed by atoms with E-state index in [0.29, 0.717) is 17.0 Å². The number of pyridine rings is 1. The Balaban J connectivity index is 1.66. The number of nitrogens with two attached hydrogens (primary N) is 1. The average Bonchev–Trinajstić information content (AvgIpc) is 2.83. The minimum absolute atomic E-state index is 0.107. The van der Waals surface area contributed by atoms with Crippen LogP contribution in [0.3, 0.4) is 0 Å². The van der Waals surface area contributed by atoms with Crippen molar-refractivity contribution in [2.75, 3.05) is 15.8 Å². The lowest BCUT2D eigenvalue weighted by atomic mass is 9.92. The second kappa shape index (κ2) is 11.1. The van der Waals surface area contributed by atoms with Gasteiger partial charge in [-0.05, 0) is 63.3 Å². The van der Waals surface area contributed by atoms with E-state index >= 15 is 0 Å². The molecule has 0 bridgehead atoms. The quantitative estimate of drug-likeness (QED) is 0.339. The van der Waals surface area contributed by atoms with Crippen LogP contribution in [0.4, 0.5) is 29.2 Å².